The molecule has 2 fully saturated rings. The second kappa shape index (κ2) is 11.5. The maximum Gasteiger partial charge on any atom is 0.246 e. The minimum atomic E-state index is -3.83. The number of amides is 1. The van der Waals surface area contributed by atoms with Gasteiger partial charge in [-0.2, -0.15) is 8.61 Å². The molecular weight excluding hydrogens is 518 g/mol. The summed E-state index contributed by atoms with van der Waals surface area (Å²) in [7, 11) is -5.98. The lowest BCUT2D eigenvalue weighted by Gasteiger charge is -2.31. The fourth-order valence-corrected chi connectivity index (χ4v) is 7.72. The first-order chi connectivity index (χ1) is 17.6. The normalized spacial score (nSPS) is 19.9. The molecule has 0 saturated carbocycles. The van der Waals surface area contributed by atoms with Crippen molar-refractivity contribution in [2.24, 2.45) is 5.92 Å². The third kappa shape index (κ3) is 6.15. The molecule has 1 unspecified atom stereocenters. The zero-order valence-corrected chi connectivity index (χ0v) is 22.7. The summed E-state index contributed by atoms with van der Waals surface area (Å²) in [5.74, 6) is -0.447. The van der Waals surface area contributed by atoms with Crippen LogP contribution in [0.25, 0.3) is 0 Å². The van der Waals surface area contributed by atoms with Crippen molar-refractivity contribution in [1.29, 1.82) is 0 Å². The molecule has 2 aliphatic rings. The van der Waals surface area contributed by atoms with Crippen molar-refractivity contribution in [3.63, 3.8) is 0 Å². The summed E-state index contributed by atoms with van der Waals surface area (Å²) in [5, 5.41) is 2.87. The zero-order valence-electron chi connectivity index (χ0n) is 21.1. The first-order valence-corrected chi connectivity index (χ1v) is 15.1. The maximum atomic E-state index is 13.3. The van der Waals surface area contributed by atoms with Crippen LogP contribution in [0.2, 0.25) is 0 Å². The van der Waals surface area contributed by atoms with Crippen molar-refractivity contribution >= 4 is 26.0 Å². The molecular formula is C25H33N3O7S2. The summed E-state index contributed by atoms with van der Waals surface area (Å²) in [6.07, 6.45) is 1.15. The molecule has 2 aromatic rings. The highest BCUT2D eigenvalue weighted by atomic mass is 32.2. The number of hydrogen-bond acceptors (Lipinski definition) is 7. The summed E-state index contributed by atoms with van der Waals surface area (Å²) >= 11 is 0. The van der Waals surface area contributed by atoms with Gasteiger partial charge in [-0.3, -0.25) is 4.79 Å². The second-order valence-electron chi connectivity index (χ2n) is 9.23. The number of piperidine rings is 1. The Morgan fingerprint density at radius 1 is 1.00 bits per heavy atom. The van der Waals surface area contributed by atoms with Crippen LogP contribution in [0.5, 0.6) is 5.75 Å². The van der Waals surface area contributed by atoms with Gasteiger partial charge in [0.25, 0.3) is 0 Å². The largest absolute Gasteiger partial charge is 0.495 e. The van der Waals surface area contributed by atoms with Crippen LogP contribution >= 0.6 is 0 Å². The molecule has 2 heterocycles. The van der Waals surface area contributed by atoms with Gasteiger partial charge in [0.2, 0.25) is 26.0 Å². The van der Waals surface area contributed by atoms with Gasteiger partial charge in [-0.15, -0.1) is 0 Å². The Kier molecular flexibility index (Phi) is 8.54. The maximum absolute atomic E-state index is 13.3. The lowest BCUT2D eigenvalue weighted by molar-refractivity contribution is -0.126. The quantitative estimate of drug-likeness (QED) is 0.530. The molecule has 0 spiro atoms. The number of rotatable bonds is 8. The second-order valence-corrected chi connectivity index (χ2v) is 13.1. The molecule has 2 aromatic carbocycles. The van der Waals surface area contributed by atoms with Gasteiger partial charge in [0, 0.05) is 32.7 Å². The van der Waals surface area contributed by atoms with E-state index in [4.69, 9.17) is 9.47 Å². The van der Waals surface area contributed by atoms with E-state index >= 15 is 0 Å². The highest BCUT2D eigenvalue weighted by Gasteiger charge is 2.35. The highest BCUT2D eigenvalue weighted by molar-refractivity contribution is 7.89. The number of morpholine rings is 1. The van der Waals surface area contributed by atoms with E-state index in [2.05, 4.69) is 5.32 Å². The Hall–Kier alpha value is -2.51. The number of methoxy groups -OCH3 is 1. The Morgan fingerprint density at radius 2 is 1.70 bits per heavy atom. The number of benzene rings is 2. The number of carbonyl (C=O) groups is 1. The first-order valence-electron chi connectivity index (χ1n) is 12.2. The topological polar surface area (TPSA) is 122 Å². The monoisotopic (exact) mass is 551 g/mol. The molecule has 0 bridgehead atoms. The predicted molar refractivity (Wildman–Crippen MR) is 137 cm³/mol. The van der Waals surface area contributed by atoms with Crippen molar-refractivity contribution in [3.05, 3.63) is 53.6 Å². The molecule has 0 aromatic heterocycles. The molecule has 202 valence electrons. The summed E-state index contributed by atoms with van der Waals surface area (Å²) in [6, 6.07) is 11.4. The Morgan fingerprint density at radius 3 is 2.38 bits per heavy atom. The van der Waals surface area contributed by atoms with Crippen LogP contribution in [0.3, 0.4) is 0 Å². The molecule has 12 heteroatoms. The van der Waals surface area contributed by atoms with E-state index in [1.165, 1.54) is 27.9 Å². The van der Waals surface area contributed by atoms with Crippen molar-refractivity contribution in [2.75, 3.05) is 46.5 Å². The van der Waals surface area contributed by atoms with Crippen LogP contribution in [-0.4, -0.2) is 77.9 Å². The van der Waals surface area contributed by atoms with E-state index in [1.807, 2.05) is 6.92 Å². The molecule has 1 N–H and O–H groups in total. The van der Waals surface area contributed by atoms with Crippen molar-refractivity contribution < 1.29 is 31.1 Å². The van der Waals surface area contributed by atoms with E-state index in [9.17, 15) is 21.6 Å². The van der Waals surface area contributed by atoms with Crippen LogP contribution in [0.4, 0.5) is 0 Å². The number of carbonyl (C=O) groups excluding carboxylic acids is 1. The van der Waals surface area contributed by atoms with Crippen molar-refractivity contribution in [2.45, 2.75) is 36.1 Å². The van der Waals surface area contributed by atoms with Gasteiger partial charge < -0.3 is 14.8 Å². The molecule has 0 aliphatic carbocycles. The van der Waals surface area contributed by atoms with Gasteiger partial charge in [-0.05, 0) is 55.2 Å². The van der Waals surface area contributed by atoms with Crippen LogP contribution in [0.15, 0.2) is 52.3 Å². The SMILES string of the molecule is COc1ccc(C)cc1S(=O)(=O)N1CCCC(C(=O)NCc2ccc(S(=O)(=O)N3CCOCC3)cc2)C1. The molecule has 2 saturated heterocycles. The number of nitrogens with zero attached hydrogens (tertiary/aromatic N) is 2. The summed E-state index contributed by atoms with van der Waals surface area (Å²) < 4.78 is 65.5. The highest BCUT2D eigenvalue weighted by Crippen LogP contribution is 2.30. The van der Waals surface area contributed by atoms with Gasteiger partial charge in [0.1, 0.15) is 10.6 Å². The lowest BCUT2D eigenvalue weighted by atomic mass is 9.99. The van der Waals surface area contributed by atoms with E-state index in [1.54, 1.807) is 30.3 Å². The fraction of sp³-hybridized carbons (Fsp3) is 0.480. The predicted octanol–water partition coefficient (Wildman–Crippen LogP) is 1.74. The minimum Gasteiger partial charge on any atom is -0.495 e. The average molecular weight is 552 g/mol. The van der Waals surface area contributed by atoms with Crippen LogP contribution in [0.1, 0.15) is 24.0 Å². The summed E-state index contributed by atoms with van der Waals surface area (Å²) in [6.45, 7) is 3.85. The number of ether oxygens (including phenoxy) is 2. The number of aryl methyl sites for hydroxylation is 1. The zero-order chi connectivity index (χ0) is 26.6. The molecule has 0 radical (unpaired) electrons. The van der Waals surface area contributed by atoms with Crippen LogP contribution in [0, 0.1) is 12.8 Å². The van der Waals surface area contributed by atoms with E-state index < -0.39 is 26.0 Å². The Labute approximate surface area is 218 Å². The molecule has 1 atom stereocenters. The summed E-state index contributed by atoms with van der Waals surface area (Å²) in [5.41, 5.74) is 1.55. The molecule has 2 aliphatic heterocycles. The number of nitrogens with one attached hydrogen (secondary N) is 1. The first kappa shape index (κ1) is 27.5. The molecule has 4 rings (SSSR count). The average Bonchev–Trinajstić information content (AvgIpc) is 2.92. The van der Waals surface area contributed by atoms with E-state index in [0.29, 0.717) is 45.7 Å². The number of sulfonamides is 2. The Balaban J connectivity index is 1.38. The minimum absolute atomic E-state index is 0.0853. The molecule has 37 heavy (non-hydrogen) atoms. The van der Waals surface area contributed by atoms with Crippen molar-refractivity contribution in [1.82, 2.24) is 13.9 Å². The third-order valence-corrected chi connectivity index (χ3v) is 10.5. The molecule has 1 amide bonds. The van der Waals surface area contributed by atoms with Crippen LogP contribution in [-0.2, 0) is 36.1 Å². The summed E-state index contributed by atoms with van der Waals surface area (Å²) in [4.78, 5) is 13.2. The van der Waals surface area contributed by atoms with Crippen LogP contribution < -0.4 is 10.1 Å². The standard InChI is InChI=1S/C25H33N3O7S2/c1-19-5-10-23(34-2)24(16-19)37(32,33)28-11-3-4-21(18-28)25(29)26-17-20-6-8-22(9-7-20)36(30,31)27-12-14-35-15-13-27/h5-10,16,21H,3-4,11-15,17-18H2,1-2H3,(H,26,29). The number of hydrogen-bond donors (Lipinski definition) is 1. The molecule has 10 nitrogen and oxygen atoms in total. The van der Waals surface area contributed by atoms with Gasteiger partial charge in [-0.1, -0.05) is 18.2 Å². The fourth-order valence-electron chi connectivity index (χ4n) is 4.55. The third-order valence-electron chi connectivity index (χ3n) is 6.69. The van der Waals surface area contributed by atoms with Gasteiger partial charge >= 0.3 is 0 Å². The van der Waals surface area contributed by atoms with Gasteiger partial charge in [-0.25, -0.2) is 16.8 Å². The van der Waals surface area contributed by atoms with E-state index in [0.717, 1.165) is 11.1 Å². The van der Waals surface area contributed by atoms with Gasteiger partial charge in [0.15, 0.2) is 0 Å². The van der Waals surface area contributed by atoms with E-state index in [-0.39, 0.29) is 34.5 Å². The van der Waals surface area contributed by atoms with Crippen molar-refractivity contribution in [3.8, 4) is 5.75 Å². The Bertz CT molecular complexity index is 1320. The smallest absolute Gasteiger partial charge is 0.246 e. The lowest BCUT2D eigenvalue weighted by Crippen LogP contribution is -2.45. The van der Waals surface area contributed by atoms with Gasteiger partial charge in [0.05, 0.1) is 31.1 Å².